The summed E-state index contributed by atoms with van der Waals surface area (Å²) in [6.45, 7) is 5.03. The van der Waals surface area contributed by atoms with Gasteiger partial charge in [0.25, 0.3) is 5.56 Å². The predicted octanol–water partition coefficient (Wildman–Crippen LogP) is 3.14. The fourth-order valence-corrected chi connectivity index (χ4v) is 4.04. The van der Waals surface area contributed by atoms with Gasteiger partial charge in [-0.05, 0) is 44.0 Å². The number of nitrogens with one attached hydrogen (secondary N) is 1. The summed E-state index contributed by atoms with van der Waals surface area (Å²) in [6.07, 6.45) is 3.96. The van der Waals surface area contributed by atoms with Crippen LogP contribution in [0.2, 0.25) is 0 Å². The van der Waals surface area contributed by atoms with E-state index in [1.165, 1.54) is 4.52 Å². The summed E-state index contributed by atoms with van der Waals surface area (Å²) < 4.78 is 8.95. The normalized spacial score (nSPS) is 11.0. The third-order valence-corrected chi connectivity index (χ3v) is 5.77. The van der Waals surface area contributed by atoms with E-state index in [2.05, 4.69) is 20.0 Å². The van der Waals surface area contributed by atoms with Crippen LogP contribution in [0, 0.1) is 6.92 Å². The lowest BCUT2D eigenvalue weighted by atomic mass is 10.1. The SMILES string of the molecule is CCn1c(C)c(CCC(=O)NCc2cccnc2)c(=O)n2nc(-c3ccccc3OC)cc12. The molecule has 3 aromatic heterocycles. The van der Waals surface area contributed by atoms with Gasteiger partial charge in [0, 0.05) is 54.8 Å². The van der Waals surface area contributed by atoms with E-state index >= 15 is 0 Å². The Bertz CT molecular complexity index is 1340. The molecule has 4 aromatic rings. The van der Waals surface area contributed by atoms with Gasteiger partial charge >= 0.3 is 0 Å². The molecule has 33 heavy (non-hydrogen) atoms. The molecule has 0 aliphatic heterocycles. The molecule has 0 bridgehead atoms. The highest BCUT2D eigenvalue weighted by molar-refractivity contribution is 5.76. The first-order valence-corrected chi connectivity index (χ1v) is 10.9. The molecule has 8 nitrogen and oxygen atoms in total. The van der Waals surface area contributed by atoms with Crippen molar-refractivity contribution in [3.63, 3.8) is 0 Å². The number of hydrogen-bond donors (Lipinski definition) is 1. The van der Waals surface area contributed by atoms with Gasteiger partial charge in [-0.15, -0.1) is 0 Å². The first kappa shape index (κ1) is 22.3. The number of pyridine rings is 1. The first-order valence-electron chi connectivity index (χ1n) is 10.9. The maximum absolute atomic E-state index is 13.3. The Balaban J connectivity index is 1.62. The zero-order valence-electron chi connectivity index (χ0n) is 19.0. The highest BCUT2D eigenvalue weighted by Crippen LogP contribution is 2.29. The van der Waals surface area contributed by atoms with Crippen molar-refractivity contribution in [1.82, 2.24) is 24.5 Å². The second-order valence-corrected chi connectivity index (χ2v) is 7.75. The standard InChI is InChI=1S/C25H27N5O3/c1-4-29-17(2)19(11-12-23(31)27-16-18-8-7-13-26-15-18)25(32)30-24(29)14-21(28-30)20-9-5-6-10-22(20)33-3/h5-10,13-15H,4,11-12,16H2,1-3H3,(H,27,31). The number of carbonyl (C=O) groups excluding carboxylic acids is 1. The summed E-state index contributed by atoms with van der Waals surface area (Å²) in [6, 6.07) is 13.2. The highest BCUT2D eigenvalue weighted by atomic mass is 16.5. The van der Waals surface area contributed by atoms with Gasteiger partial charge in [-0.25, -0.2) is 0 Å². The molecule has 170 valence electrons. The number of hydrogen-bond acceptors (Lipinski definition) is 5. The van der Waals surface area contributed by atoms with Crippen LogP contribution in [-0.2, 0) is 24.3 Å². The molecule has 0 radical (unpaired) electrons. The molecule has 8 heteroatoms. The van der Waals surface area contributed by atoms with Gasteiger partial charge in [0.15, 0.2) is 0 Å². The number of aryl methyl sites for hydroxylation is 1. The lowest BCUT2D eigenvalue weighted by molar-refractivity contribution is -0.121. The topological polar surface area (TPSA) is 90.5 Å². The number of aromatic nitrogens is 4. The Morgan fingerprint density at radius 1 is 1.18 bits per heavy atom. The lowest BCUT2D eigenvalue weighted by Gasteiger charge is -2.14. The van der Waals surface area contributed by atoms with Crippen molar-refractivity contribution in [2.45, 2.75) is 39.8 Å². The Kier molecular flexibility index (Phi) is 6.53. The van der Waals surface area contributed by atoms with Crippen molar-refractivity contribution in [2.75, 3.05) is 7.11 Å². The van der Waals surface area contributed by atoms with Crippen molar-refractivity contribution in [1.29, 1.82) is 0 Å². The number of para-hydroxylation sites is 1. The van der Waals surface area contributed by atoms with Gasteiger partial charge in [-0.3, -0.25) is 14.6 Å². The number of benzene rings is 1. The number of ether oxygens (including phenoxy) is 1. The molecule has 0 unspecified atom stereocenters. The maximum Gasteiger partial charge on any atom is 0.277 e. The average molecular weight is 446 g/mol. The van der Waals surface area contributed by atoms with Crippen LogP contribution >= 0.6 is 0 Å². The minimum absolute atomic E-state index is 0.115. The predicted molar refractivity (Wildman–Crippen MR) is 126 cm³/mol. The van der Waals surface area contributed by atoms with Crippen molar-refractivity contribution < 1.29 is 9.53 Å². The second-order valence-electron chi connectivity index (χ2n) is 7.75. The fraction of sp³-hybridized carbons (Fsp3) is 0.280. The van der Waals surface area contributed by atoms with E-state index in [1.54, 1.807) is 19.5 Å². The molecule has 0 aliphatic rings. The number of carbonyl (C=O) groups is 1. The van der Waals surface area contributed by atoms with Crippen LogP contribution in [0.25, 0.3) is 16.9 Å². The third-order valence-electron chi connectivity index (χ3n) is 5.77. The Hall–Kier alpha value is -3.94. The van der Waals surface area contributed by atoms with E-state index in [1.807, 2.05) is 56.3 Å². The number of fused-ring (bicyclic) bond motifs is 1. The Labute approximate surface area is 191 Å². The van der Waals surface area contributed by atoms with Crippen LogP contribution in [0.1, 0.15) is 30.2 Å². The molecule has 0 atom stereocenters. The van der Waals surface area contributed by atoms with Crippen LogP contribution < -0.4 is 15.6 Å². The number of amides is 1. The summed E-state index contributed by atoms with van der Waals surface area (Å²) in [5.41, 5.74) is 4.37. The summed E-state index contributed by atoms with van der Waals surface area (Å²) in [5, 5.41) is 7.49. The van der Waals surface area contributed by atoms with Crippen LogP contribution in [-0.4, -0.2) is 32.2 Å². The van der Waals surface area contributed by atoms with Crippen LogP contribution in [0.15, 0.2) is 59.7 Å². The molecule has 4 rings (SSSR count). The molecule has 0 saturated carbocycles. The minimum atomic E-state index is -0.201. The zero-order valence-corrected chi connectivity index (χ0v) is 19.0. The molecule has 0 aliphatic carbocycles. The van der Waals surface area contributed by atoms with E-state index < -0.39 is 0 Å². The summed E-state index contributed by atoms with van der Waals surface area (Å²) in [7, 11) is 1.61. The van der Waals surface area contributed by atoms with E-state index in [0.29, 0.717) is 42.2 Å². The fourth-order valence-electron chi connectivity index (χ4n) is 4.04. The molecule has 1 aromatic carbocycles. The second kappa shape index (κ2) is 9.68. The molecule has 0 saturated heterocycles. The van der Waals surface area contributed by atoms with Gasteiger partial charge < -0.3 is 14.6 Å². The molecule has 3 heterocycles. The zero-order chi connectivity index (χ0) is 23.4. The van der Waals surface area contributed by atoms with Gasteiger partial charge in [-0.2, -0.15) is 9.61 Å². The number of methoxy groups -OCH3 is 1. The molecular formula is C25H27N5O3. The average Bonchev–Trinajstić information content (AvgIpc) is 3.29. The van der Waals surface area contributed by atoms with Crippen molar-refractivity contribution in [3.05, 3.63) is 82.0 Å². The molecule has 0 spiro atoms. The van der Waals surface area contributed by atoms with Crippen LogP contribution in [0.5, 0.6) is 5.75 Å². The molecular weight excluding hydrogens is 418 g/mol. The Morgan fingerprint density at radius 2 is 2.00 bits per heavy atom. The quantitative estimate of drug-likeness (QED) is 0.450. The molecule has 1 N–H and O–H groups in total. The largest absolute Gasteiger partial charge is 0.496 e. The molecule has 0 fully saturated rings. The third kappa shape index (κ3) is 4.50. The van der Waals surface area contributed by atoms with Crippen molar-refractivity contribution >= 4 is 11.6 Å². The van der Waals surface area contributed by atoms with Crippen LogP contribution in [0.4, 0.5) is 0 Å². The summed E-state index contributed by atoms with van der Waals surface area (Å²) in [5.74, 6) is 0.578. The summed E-state index contributed by atoms with van der Waals surface area (Å²) in [4.78, 5) is 29.8. The number of rotatable bonds is 8. The van der Waals surface area contributed by atoms with E-state index in [0.717, 1.165) is 16.8 Å². The highest BCUT2D eigenvalue weighted by Gasteiger charge is 2.18. The van der Waals surface area contributed by atoms with E-state index in [-0.39, 0.29) is 17.9 Å². The monoisotopic (exact) mass is 445 g/mol. The van der Waals surface area contributed by atoms with Gasteiger partial charge in [-0.1, -0.05) is 18.2 Å². The Morgan fingerprint density at radius 3 is 2.73 bits per heavy atom. The van der Waals surface area contributed by atoms with E-state index in [4.69, 9.17) is 4.74 Å². The maximum atomic E-state index is 13.3. The van der Waals surface area contributed by atoms with E-state index in [9.17, 15) is 9.59 Å². The number of nitrogens with zero attached hydrogens (tertiary/aromatic N) is 4. The molecule has 1 amide bonds. The van der Waals surface area contributed by atoms with Crippen molar-refractivity contribution in [3.8, 4) is 17.0 Å². The smallest absolute Gasteiger partial charge is 0.277 e. The van der Waals surface area contributed by atoms with Crippen LogP contribution in [0.3, 0.4) is 0 Å². The van der Waals surface area contributed by atoms with Crippen molar-refractivity contribution in [2.24, 2.45) is 0 Å². The van der Waals surface area contributed by atoms with Gasteiger partial charge in [0.1, 0.15) is 11.4 Å². The summed E-state index contributed by atoms with van der Waals surface area (Å²) >= 11 is 0. The first-order chi connectivity index (χ1) is 16.0. The van der Waals surface area contributed by atoms with Gasteiger partial charge in [0.2, 0.25) is 5.91 Å². The van der Waals surface area contributed by atoms with Gasteiger partial charge in [0.05, 0.1) is 12.8 Å². The minimum Gasteiger partial charge on any atom is -0.496 e. The lowest BCUT2D eigenvalue weighted by Crippen LogP contribution is -2.28.